The highest BCUT2D eigenvalue weighted by Gasteiger charge is 2.17. The summed E-state index contributed by atoms with van der Waals surface area (Å²) < 4.78 is 40.2. The molecule has 0 aliphatic rings. The highest BCUT2D eigenvalue weighted by molar-refractivity contribution is 7.92. The van der Waals surface area contributed by atoms with Crippen LogP contribution in [-0.4, -0.2) is 28.4 Å². The molecule has 2 aromatic carbocycles. The Morgan fingerprint density at radius 1 is 1.07 bits per heavy atom. The second-order valence-electron chi connectivity index (χ2n) is 5.70. The van der Waals surface area contributed by atoms with Crippen molar-refractivity contribution in [1.82, 2.24) is 9.97 Å². The lowest BCUT2D eigenvalue weighted by Crippen LogP contribution is -2.20. The number of thiocarbonyl (C=S) groups is 1. The second-order valence-corrected chi connectivity index (χ2v) is 7.79. The molecule has 0 fully saturated rings. The highest BCUT2D eigenvalue weighted by Crippen LogP contribution is 2.25. The fourth-order valence-electron chi connectivity index (χ4n) is 2.29. The Kier molecular flexibility index (Phi) is 6.13. The third kappa shape index (κ3) is 5.21. The quantitative estimate of drug-likeness (QED) is 0.295. The molecular weight excluding hydrogens is 435 g/mol. The number of hydrogen-bond donors (Lipinski definition) is 3. The average molecular weight is 448 g/mol. The summed E-state index contributed by atoms with van der Waals surface area (Å²) in [6.45, 7) is 0. The van der Waals surface area contributed by atoms with Gasteiger partial charge in [0.05, 0.1) is 15.9 Å². The van der Waals surface area contributed by atoms with E-state index in [9.17, 15) is 22.9 Å². The molecule has 0 bridgehead atoms. The molecule has 3 aromatic rings. The standard InChI is InChI=1S/C17H13FN6O4S2/c18-11-2-7-14(15(10-11)24(25)26)22-17(29)21-12-3-5-13(6-4-12)30(27,28)23-16-19-8-1-9-20-16/h1-10H,(H,19,20,23)(H2,21,22,29). The van der Waals surface area contributed by atoms with Gasteiger partial charge >= 0.3 is 0 Å². The Morgan fingerprint density at radius 2 is 1.73 bits per heavy atom. The minimum absolute atomic E-state index is 0.00359. The molecule has 3 rings (SSSR count). The van der Waals surface area contributed by atoms with E-state index in [2.05, 4.69) is 25.3 Å². The number of hydrogen-bond acceptors (Lipinski definition) is 7. The Balaban J connectivity index is 1.69. The number of nitrogens with one attached hydrogen (secondary N) is 3. The molecule has 0 aliphatic carbocycles. The van der Waals surface area contributed by atoms with E-state index in [-0.39, 0.29) is 21.6 Å². The summed E-state index contributed by atoms with van der Waals surface area (Å²) in [5, 5.41) is 16.4. The number of nitro groups is 1. The first-order valence-corrected chi connectivity index (χ1v) is 10.1. The molecule has 0 spiro atoms. The SMILES string of the molecule is O=[N+]([O-])c1cc(F)ccc1NC(=S)Nc1ccc(S(=O)(=O)Nc2ncccn2)cc1. The Labute approximate surface area is 175 Å². The first-order chi connectivity index (χ1) is 14.2. The molecule has 1 heterocycles. The molecular formula is C17H13FN6O4S2. The number of anilines is 3. The predicted molar refractivity (Wildman–Crippen MR) is 112 cm³/mol. The van der Waals surface area contributed by atoms with E-state index in [1.807, 2.05) is 0 Å². The molecule has 0 unspecified atom stereocenters. The fraction of sp³-hybridized carbons (Fsp3) is 0. The van der Waals surface area contributed by atoms with Gasteiger partial charge < -0.3 is 10.6 Å². The number of sulfonamides is 1. The van der Waals surface area contributed by atoms with E-state index in [0.29, 0.717) is 5.69 Å². The van der Waals surface area contributed by atoms with Gasteiger partial charge in [0.15, 0.2) is 5.11 Å². The third-order valence-electron chi connectivity index (χ3n) is 3.62. The van der Waals surface area contributed by atoms with Crippen molar-refractivity contribution in [3.63, 3.8) is 0 Å². The lowest BCUT2D eigenvalue weighted by Gasteiger charge is -2.12. The minimum Gasteiger partial charge on any atom is -0.332 e. The van der Waals surface area contributed by atoms with Crippen LogP contribution in [0.1, 0.15) is 0 Å². The summed E-state index contributed by atoms with van der Waals surface area (Å²) in [6.07, 6.45) is 2.80. The van der Waals surface area contributed by atoms with Crippen molar-refractivity contribution in [1.29, 1.82) is 0 Å². The molecule has 0 atom stereocenters. The van der Waals surface area contributed by atoms with E-state index in [0.717, 1.165) is 12.1 Å². The van der Waals surface area contributed by atoms with Crippen molar-refractivity contribution in [2.24, 2.45) is 0 Å². The van der Waals surface area contributed by atoms with Crippen molar-refractivity contribution >= 4 is 50.4 Å². The topological polar surface area (TPSA) is 139 Å². The van der Waals surface area contributed by atoms with Crippen LogP contribution in [0.15, 0.2) is 65.8 Å². The van der Waals surface area contributed by atoms with Gasteiger partial charge in [-0.2, -0.15) is 0 Å². The molecule has 0 saturated carbocycles. The number of benzene rings is 2. The van der Waals surface area contributed by atoms with Crippen LogP contribution < -0.4 is 15.4 Å². The number of nitro benzene ring substituents is 1. The van der Waals surface area contributed by atoms with E-state index in [1.165, 1.54) is 42.7 Å². The Bertz CT molecular complexity index is 1190. The van der Waals surface area contributed by atoms with Crippen LogP contribution in [0, 0.1) is 15.9 Å². The van der Waals surface area contributed by atoms with Gasteiger partial charge in [-0.15, -0.1) is 0 Å². The van der Waals surface area contributed by atoms with Crippen LogP contribution in [0.5, 0.6) is 0 Å². The summed E-state index contributed by atoms with van der Waals surface area (Å²) in [5.74, 6) is -0.816. The first-order valence-electron chi connectivity index (χ1n) is 8.16. The third-order valence-corrected chi connectivity index (χ3v) is 5.17. The van der Waals surface area contributed by atoms with E-state index < -0.39 is 26.5 Å². The fourth-order valence-corrected chi connectivity index (χ4v) is 3.48. The zero-order chi connectivity index (χ0) is 21.7. The molecule has 13 heteroatoms. The van der Waals surface area contributed by atoms with Gasteiger partial charge in [0, 0.05) is 18.1 Å². The molecule has 10 nitrogen and oxygen atoms in total. The average Bonchev–Trinajstić information content (AvgIpc) is 2.70. The van der Waals surface area contributed by atoms with Crippen LogP contribution in [0.2, 0.25) is 0 Å². The van der Waals surface area contributed by atoms with Gasteiger partial charge in [-0.3, -0.25) is 10.1 Å². The maximum atomic E-state index is 13.2. The number of nitrogens with zero attached hydrogens (tertiary/aromatic N) is 3. The Hall–Kier alpha value is -3.71. The van der Waals surface area contributed by atoms with Gasteiger partial charge in [0.2, 0.25) is 5.95 Å². The summed E-state index contributed by atoms with van der Waals surface area (Å²) in [4.78, 5) is 17.9. The summed E-state index contributed by atoms with van der Waals surface area (Å²) in [5.41, 5.74) is -0.0490. The van der Waals surface area contributed by atoms with Crippen molar-refractivity contribution < 1.29 is 17.7 Å². The molecule has 0 aliphatic heterocycles. The monoisotopic (exact) mass is 448 g/mol. The molecule has 3 N–H and O–H groups in total. The molecule has 0 radical (unpaired) electrons. The zero-order valence-electron chi connectivity index (χ0n) is 14.9. The zero-order valence-corrected chi connectivity index (χ0v) is 16.6. The number of rotatable bonds is 6. The van der Waals surface area contributed by atoms with Crippen molar-refractivity contribution in [2.75, 3.05) is 15.4 Å². The lowest BCUT2D eigenvalue weighted by molar-refractivity contribution is -0.384. The smallest absolute Gasteiger partial charge is 0.295 e. The van der Waals surface area contributed by atoms with Crippen LogP contribution in [0.4, 0.5) is 27.4 Å². The summed E-state index contributed by atoms with van der Waals surface area (Å²) in [7, 11) is -3.89. The van der Waals surface area contributed by atoms with Crippen LogP contribution in [-0.2, 0) is 10.0 Å². The number of aromatic nitrogens is 2. The van der Waals surface area contributed by atoms with Gasteiger partial charge in [-0.1, -0.05) is 0 Å². The largest absolute Gasteiger partial charge is 0.332 e. The normalized spacial score (nSPS) is 10.8. The maximum absolute atomic E-state index is 13.2. The number of halogens is 1. The lowest BCUT2D eigenvalue weighted by atomic mass is 10.2. The van der Waals surface area contributed by atoms with E-state index in [4.69, 9.17) is 12.2 Å². The van der Waals surface area contributed by atoms with Gasteiger partial charge in [-0.05, 0) is 54.7 Å². The van der Waals surface area contributed by atoms with Crippen LogP contribution in [0.25, 0.3) is 0 Å². The van der Waals surface area contributed by atoms with Gasteiger partial charge in [-0.25, -0.2) is 27.5 Å². The van der Waals surface area contributed by atoms with E-state index >= 15 is 0 Å². The molecule has 154 valence electrons. The predicted octanol–water partition coefficient (Wildman–Crippen LogP) is 3.13. The van der Waals surface area contributed by atoms with Crippen LogP contribution >= 0.6 is 12.2 Å². The summed E-state index contributed by atoms with van der Waals surface area (Å²) >= 11 is 5.10. The van der Waals surface area contributed by atoms with Crippen molar-refractivity contribution in [3.8, 4) is 0 Å². The van der Waals surface area contributed by atoms with Crippen molar-refractivity contribution in [3.05, 3.63) is 76.9 Å². The van der Waals surface area contributed by atoms with Gasteiger partial charge in [0.25, 0.3) is 15.7 Å². The van der Waals surface area contributed by atoms with E-state index in [1.54, 1.807) is 6.07 Å². The molecule has 0 amide bonds. The maximum Gasteiger partial charge on any atom is 0.295 e. The van der Waals surface area contributed by atoms with Gasteiger partial charge in [0.1, 0.15) is 11.5 Å². The van der Waals surface area contributed by atoms with Crippen molar-refractivity contribution in [2.45, 2.75) is 4.90 Å². The molecule has 0 saturated heterocycles. The first kappa shape index (κ1) is 21.0. The molecule has 30 heavy (non-hydrogen) atoms. The molecule has 1 aromatic heterocycles. The van der Waals surface area contributed by atoms with Crippen LogP contribution in [0.3, 0.4) is 0 Å². The summed E-state index contributed by atoms with van der Waals surface area (Å²) in [6, 6.07) is 10.1. The highest BCUT2D eigenvalue weighted by atomic mass is 32.2. The minimum atomic E-state index is -3.89. The second kappa shape index (κ2) is 8.75. The Morgan fingerprint density at radius 3 is 2.37 bits per heavy atom.